The van der Waals surface area contributed by atoms with Gasteiger partial charge in [0.25, 0.3) is 0 Å². The summed E-state index contributed by atoms with van der Waals surface area (Å²) < 4.78 is 199. The molecule has 3 N–H and O–H groups in total. The Labute approximate surface area is 396 Å². The molecule has 8 bridgehead atoms. The van der Waals surface area contributed by atoms with Crippen LogP contribution in [0.4, 0.5) is 69.7 Å². The topological polar surface area (TPSA) is 70.0 Å². The van der Waals surface area contributed by atoms with Crippen LogP contribution in [0.5, 0.6) is 0 Å². The smallest absolute Gasteiger partial charge is 0.185 e. The van der Waals surface area contributed by atoms with Crippen molar-refractivity contribution in [2.45, 2.75) is 57.8 Å². The molecule has 7 nitrogen and oxygen atoms in total. The first-order chi connectivity index (χ1) is 34.2. The maximum atomic E-state index is 16.9. The number of aromatic amines is 3. The van der Waals surface area contributed by atoms with Gasteiger partial charge in [0, 0.05) is 83.5 Å². The molecule has 0 atom stereocenters. The minimum absolute atomic E-state index is 0.00138. The molecule has 0 saturated carbocycles. The third-order valence-corrected chi connectivity index (χ3v) is 14.1. The zero-order valence-corrected chi connectivity index (χ0v) is 37.5. The Morgan fingerprint density at radius 1 is 0.282 bits per heavy atom. The molecule has 71 heavy (non-hydrogen) atoms. The highest BCUT2D eigenvalue weighted by Gasteiger charge is 2.36. The Kier molecular flexibility index (Phi) is 11.7. The lowest BCUT2D eigenvalue weighted by Gasteiger charge is -2.30. The van der Waals surface area contributed by atoms with Gasteiger partial charge in [0.1, 0.15) is 17.1 Å². The van der Waals surface area contributed by atoms with E-state index in [1.807, 2.05) is 0 Å². The molecular weight excluding hydrogens is 951 g/mol. The van der Waals surface area contributed by atoms with Gasteiger partial charge in [-0.3, -0.25) is 0 Å². The summed E-state index contributed by atoms with van der Waals surface area (Å²) in [7, 11) is 0. The maximum Gasteiger partial charge on any atom is 0.185 e. The quantitative estimate of drug-likeness (QED) is 0.115. The molecule has 0 radical (unpaired) electrons. The highest BCUT2D eigenvalue weighted by atomic mass is 19.2. The zero-order valence-electron chi connectivity index (χ0n) is 37.5. The molecule has 4 aliphatic rings. The van der Waals surface area contributed by atoms with Crippen LogP contribution < -0.4 is 14.7 Å². The van der Waals surface area contributed by atoms with Crippen LogP contribution in [0.15, 0.2) is 36.4 Å². The van der Waals surface area contributed by atoms with Crippen LogP contribution in [0.25, 0.3) is 78.6 Å². The minimum Gasteiger partial charge on any atom is -0.367 e. The first kappa shape index (κ1) is 46.3. The summed E-state index contributed by atoms with van der Waals surface area (Å²) in [4.78, 5) is 16.6. The summed E-state index contributed by atoms with van der Waals surface area (Å²) in [5.74, 6) is -21.3. The Morgan fingerprint density at radius 2 is 0.535 bits per heavy atom. The summed E-state index contributed by atoms with van der Waals surface area (Å²) in [6.07, 6.45) is 7.73. The third-order valence-electron chi connectivity index (χ3n) is 14.1. The predicted octanol–water partition coefficient (Wildman–Crippen LogP) is 14.3. The van der Waals surface area contributed by atoms with Gasteiger partial charge >= 0.3 is 0 Å². The molecule has 3 aromatic carbocycles. The summed E-state index contributed by atoms with van der Waals surface area (Å²) in [6, 6.07) is 7.16. The first-order valence-electron chi connectivity index (χ1n) is 23.4. The number of anilines is 3. The molecule has 4 aliphatic heterocycles. The number of piperidine rings is 3. The lowest BCUT2D eigenvalue weighted by atomic mass is 10.00. The number of hydrogen-bond donors (Lipinski definition) is 3. The van der Waals surface area contributed by atoms with Gasteiger partial charge in [0.2, 0.25) is 0 Å². The van der Waals surface area contributed by atoms with Crippen molar-refractivity contribution in [3.63, 3.8) is 0 Å². The average molecular weight is 992 g/mol. The van der Waals surface area contributed by atoms with Crippen molar-refractivity contribution in [3.8, 4) is 33.4 Å². The molecule has 8 heterocycles. The molecule has 368 valence electrons. The van der Waals surface area contributed by atoms with Crippen LogP contribution in [0.3, 0.4) is 0 Å². The Balaban J connectivity index is 1.26. The van der Waals surface area contributed by atoms with Crippen molar-refractivity contribution in [1.82, 2.24) is 19.9 Å². The number of nitrogens with zero attached hydrogens (tertiary/aromatic N) is 4. The predicted molar refractivity (Wildman–Crippen MR) is 249 cm³/mol. The number of halogens is 12. The SMILES string of the molecule is Fc1c(F)c(N2CCCCC2)c(F)c(F)c1-c1c2nc(c3ccc([nH]3)c(-c3c(F)c(F)c(N4CCCCC4)c(F)c3F)c3ccc([nH]3)c(-c3c(F)c(F)c(N4CCCCC4)c(F)c3F)c3ccc1[nH]3)C=C2. The number of H-pyrrole nitrogens is 3. The highest BCUT2D eigenvalue weighted by molar-refractivity contribution is 6.01. The monoisotopic (exact) mass is 991 g/mol. The molecule has 0 aliphatic carbocycles. The van der Waals surface area contributed by atoms with Gasteiger partial charge in [0.15, 0.2) is 69.8 Å². The zero-order chi connectivity index (χ0) is 49.6. The summed E-state index contributed by atoms with van der Waals surface area (Å²) in [5.41, 5.74) is -10.3. The largest absolute Gasteiger partial charge is 0.367 e. The van der Waals surface area contributed by atoms with E-state index in [1.165, 1.54) is 39.0 Å². The Bertz CT molecular complexity index is 3400. The number of hydrogen-bond acceptors (Lipinski definition) is 4. The van der Waals surface area contributed by atoms with Crippen LogP contribution in [-0.4, -0.2) is 59.2 Å². The van der Waals surface area contributed by atoms with Gasteiger partial charge in [0.05, 0.1) is 33.6 Å². The van der Waals surface area contributed by atoms with Crippen LogP contribution in [0, 0.1) is 69.8 Å². The number of fused-ring (bicyclic) bond motifs is 9. The van der Waals surface area contributed by atoms with Crippen molar-refractivity contribution < 1.29 is 52.7 Å². The van der Waals surface area contributed by atoms with E-state index in [2.05, 4.69) is 19.9 Å². The summed E-state index contributed by atoms with van der Waals surface area (Å²) in [5, 5.41) is 0. The van der Waals surface area contributed by atoms with E-state index in [4.69, 9.17) is 0 Å². The number of benzene rings is 3. The van der Waals surface area contributed by atoms with E-state index in [9.17, 15) is 0 Å². The van der Waals surface area contributed by atoms with Crippen LogP contribution in [-0.2, 0) is 0 Å². The molecule has 3 fully saturated rings. The van der Waals surface area contributed by atoms with Crippen molar-refractivity contribution >= 4 is 62.3 Å². The standard InChI is InChI=1S/C52H41F12N7/c53-38-35(39(54)45(60)50(44(38)59)69-18-4-1-5-19-69)32-26-12-10-24(65-26)25-11-13-27(66-25)33(36-40(55)46(61)51(47(62)41(36)56)70-20-6-2-7-21-70)29-15-17-31(68-29)34(30-16-14-28(32)67-30)37-42(57)48(63)52(49(64)43(37)58)71-22-8-3-9-23-71/h10-17,65,67-68H,1-9,18-23H2. The van der Waals surface area contributed by atoms with E-state index in [0.29, 0.717) is 44.9 Å². The molecule has 11 rings (SSSR count). The maximum absolute atomic E-state index is 16.9. The second-order valence-corrected chi connectivity index (χ2v) is 18.3. The van der Waals surface area contributed by atoms with Crippen LogP contribution >= 0.6 is 0 Å². The third kappa shape index (κ3) is 7.47. The molecule has 19 heteroatoms. The summed E-state index contributed by atoms with van der Waals surface area (Å²) >= 11 is 0. The fourth-order valence-electron chi connectivity index (χ4n) is 10.6. The molecule has 4 aromatic heterocycles. The lowest BCUT2D eigenvalue weighted by molar-refractivity contribution is 0.448. The molecular formula is C52H41F12N7. The van der Waals surface area contributed by atoms with E-state index in [-0.39, 0.29) is 72.7 Å². The van der Waals surface area contributed by atoms with Crippen molar-refractivity contribution in [2.24, 2.45) is 0 Å². The Hall–Kier alpha value is -7.05. The lowest BCUT2D eigenvalue weighted by Crippen LogP contribution is -2.31. The number of rotatable bonds is 6. The van der Waals surface area contributed by atoms with Crippen molar-refractivity contribution in [1.29, 1.82) is 0 Å². The van der Waals surface area contributed by atoms with Crippen molar-refractivity contribution in [2.75, 3.05) is 54.0 Å². The van der Waals surface area contributed by atoms with E-state index in [1.54, 1.807) is 0 Å². The molecule has 7 aromatic rings. The molecule has 0 spiro atoms. The van der Waals surface area contributed by atoms with Crippen molar-refractivity contribution in [3.05, 3.63) is 118 Å². The normalized spacial score (nSPS) is 16.0. The van der Waals surface area contributed by atoms with Gasteiger partial charge in [-0.1, -0.05) is 0 Å². The van der Waals surface area contributed by atoms with E-state index in [0.717, 1.165) is 37.1 Å². The van der Waals surface area contributed by atoms with Crippen LogP contribution in [0.1, 0.15) is 69.2 Å². The second kappa shape index (κ2) is 18.0. The van der Waals surface area contributed by atoms with E-state index >= 15 is 52.7 Å². The number of nitrogens with one attached hydrogen (secondary N) is 3. The first-order valence-corrected chi connectivity index (χ1v) is 23.4. The van der Waals surface area contributed by atoms with Gasteiger partial charge in [-0.15, -0.1) is 0 Å². The average Bonchev–Trinajstić information content (AvgIpc) is 4.24. The van der Waals surface area contributed by atoms with Gasteiger partial charge in [-0.05, 0) is 106 Å². The van der Waals surface area contributed by atoms with Gasteiger partial charge < -0.3 is 29.7 Å². The van der Waals surface area contributed by atoms with Gasteiger partial charge in [-0.25, -0.2) is 57.7 Å². The highest BCUT2D eigenvalue weighted by Crippen LogP contribution is 2.45. The molecule has 0 unspecified atom stereocenters. The Morgan fingerprint density at radius 3 is 0.859 bits per heavy atom. The minimum atomic E-state index is -1.88. The fraction of sp³-hybridized carbons (Fsp3) is 0.288. The van der Waals surface area contributed by atoms with Crippen LogP contribution in [0.2, 0.25) is 0 Å². The molecule has 3 saturated heterocycles. The number of aromatic nitrogens is 4. The summed E-state index contributed by atoms with van der Waals surface area (Å²) in [6.45, 7) is 0.642. The second-order valence-electron chi connectivity index (χ2n) is 18.3. The van der Waals surface area contributed by atoms with Gasteiger partial charge in [-0.2, -0.15) is 0 Å². The fourth-order valence-corrected chi connectivity index (χ4v) is 10.6. The molecule has 0 amide bonds. The van der Waals surface area contributed by atoms with E-state index < -0.39 is 131 Å².